The lowest BCUT2D eigenvalue weighted by Crippen LogP contribution is -2.52. The van der Waals surface area contributed by atoms with Gasteiger partial charge in [-0.1, -0.05) is 12.8 Å². The Balaban J connectivity index is 1.73. The minimum atomic E-state index is -3.32. The molecule has 0 aromatic carbocycles. The summed E-state index contributed by atoms with van der Waals surface area (Å²) in [5.74, 6) is -0.0302. The van der Waals surface area contributed by atoms with Gasteiger partial charge in [0.1, 0.15) is 6.04 Å². The van der Waals surface area contributed by atoms with E-state index in [0.717, 1.165) is 32.1 Å². The first-order valence-corrected chi connectivity index (χ1v) is 9.48. The maximum atomic E-state index is 12.8. The highest BCUT2D eigenvalue weighted by molar-refractivity contribution is 7.89. The van der Waals surface area contributed by atoms with E-state index in [1.807, 2.05) is 0 Å². The van der Waals surface area contributed by atoms with Gasteiger partial charge in [0.05, 0.1) is 18.5 Å². The molecule has 0 radical (unpaired) electrons. The molecule has 2 heterocycles. The standard InChI is InChI=1S/C14H24N2O4S/c17-14(15-8-10-20-11-9-15)13-6-3-7-16(13)21(18,19)12-4-1-2-5-12/h12-13H,1-11H2/t13-/m1/s1. The van der Waals surface area contributed by atoms with Gasteiger partial charge in [-0.05, 0) is 25.7 Å². The quantitative estimate of drug-likeness (QED) is 0.764. The van der Waals surface area contributed by atoms with E-state index in [-0.39, 0.29) is 11.2 Å². The van der Waals surface area contributed by atoms with Crippen LogP contribution in [0.5, 0.6) is 0 Å². The molecule has 1 atom stereocenters. The van der Waals surface area contributed by atoms with Crippen LogP contribution in [0.2, 0.25) is 0 Å². The number of ether oxygens (including phenoxy) is 1. The zero-order valence-electron chi connectivity index (χ0n) is 12.4. The Morgan fingerprint density at radius 2 is 1.62 bits per heavy atom. The highest BCUT2D eigenvalue weighted by atomic mass is 32.2. The summed E-state index contributed by atoms with van der Waals surface area (Å²) in [6.07, 6.45) is 4.91. The molecule has 0 spiro atoms. The van der Waals surface area contributed by atoms with Gasteiger partial charge < -0.3 is 9.64 Å². The molecule has 3 rings (SSSR count). The Morgan fingerprint density at radius 3 is 2.29 bits per heavy atom. The van der Waals surface area contributed by atoms with Crippen LogP contribution in [0.1, 0.15) is 38.5 Å². The summed E-state index contributed by atoms with van der Waals surface area (Å²) in [6, 6.07) is -0.478. The summed E-state index contributed by atoms with van der Waals surface area (Å²) >= 11 is 0. The third-order valence-corrected chi connectivity index (χ3v) is 7.27. The van der Waals surface area contributed by atoms with Gasteiger partial charge in [-0.25, -0.2) is 8.42 Å². The summed E-state index contributed by atoms with van der Waals surface area (Å²) in [4.78, 5) is 14.4. The Labute approximate surface area is 126 Å². The van der Waals surface area contributed by atoms with E-state index >= 15 is 0 Å². The lowest BCUT2D eigenvalue weighted by molar-refractivity contribution is -0.138. The van der Waals surface area contributed by atoms with Crippen LogP contribution in [-0.2, 0) is 19.6 Å². The maximum absolute atomic E-state index is 12.8. The minimum Gasteiger partial charge on any atom is -0.378 e. The fourth-order valence-electron chi connectivity index (χ4n) is 3.66. The van der Waals surface area contributed by atoms with Crippen LogP contribution in [0.25, 0.3) is 0 Å². The maximum Gasteiger partial charge on any atom is 0.241 e. The molecule has 0 bridgehead atoms. The van der Waals surface area contributed by atoms with Crippen LogP contribution < -0.4 is 0 Å². The van der Waals surface area contributed by atoms with Gasteiger partial charge in [-0.2, -0.15) is 4.31 Å². The molecular weight excluding hydrogens is 292 g/mol. The first-order valence-electron chi connectivity index (χ1n) is 7.98. The number of hydrogen-bond donors (Lipinski definition) is 0. The van der Waals surface area contributed by atoms with E-state index in [2.05, 4.69) is 0 Å². The number of hydrogen-bond acceptors (Lipinski definition) is 4. The van der Waals surface area contributed by atoms with E-state index in [9.17, 15) is 13.2 Å². The molecule has 6 nitrogen and oxygen atoms in total. The molecule has 1 saturated carbocycles. The van der Waals surface area contributed by atoms with Crippen LogP contribution in [0, 0.1) is 0 Å². The Hall–Kier alpha value is -0.660. The van der Waals surface area contributed by atoms with Crippen molar-refractivity contribution in [3.63, 3.8) is 0 Å². The van der Waals surface area contributed by atoms with E-state index in [0.29, 0.717) is 39.3 Å². The van der Waals surface area contributed by atoms with Crippen molar-refractivity contribution in [3.8, 4) is 0 Å². The summed E-state index contributed by atoms with van der Waals surface area (Å²) < 4.78 is 32.3. The highest BCUT2D eigenvalue weighted by Crippen LogP contribution is 2.32. The second-order valence-corrected chi connectivity index (χ2v) is 8.32. The Kier molecular flexibility index (Phi) is 4.51. The molecule has 21 heavy (non-hydrogen) atoms. The fourth-order valence-corrected chi connectivity index (χ4v) is 5.91. The number of morpholine rings is 1. The molecule has 0 N–H and O–H groups in total. The number of sulfonamides is 1. The molecule has 3 fully saturated rings. The fraction of sp³-hybridized carbons (Fsp3) is 0.929. The van der Waals surface area contributed by atoms with E-state index < -0.39 is 16.1 Å². The molecule has 120 valence electrons. The Morgan fingerprint density at radius 1 is 0.952 bits per heavy atom. The van der Waals surface area contributed by atoms with Crippen LogP contribution in [0.4, 0.5) is 0 Å². The van der Waals surface area contributed by atoms with Crippen molar-refractivity contribution in [2.24, 2.45) is 0 Å². The van der Waals surface area contributed by atoms with Gasteiger partial charge >= 0.3 is 0 Å². The topological polar surface area (TPSA) is 66.9 Å². The molecular formula is C14H24N2O4S. The van der Waals surface area contributed by atoms with E-state index in [1.165, 1.54) is 4.31 Å². The normalized spacial score (nSPS) is 29.1. The van der Waals surface area contributed by atoms with Gasteiger partial charge in [-0.15, -0.1) is 0 Å². The lowest BCUT2D eigenvalue weighted by atomic mass is 10.2. The molecule has 1 amide bonds. The summed E-state index contributed by atoms with van der Waals surface area (Å²) in [5, 5.41) is -0.268. The van der Waals surface area contributed by atoms with Crippen molar-refractivity contribution in [1.82, 2.24) is 9.21 Å². The van der Waals surface area contributed by atoms with Crippen molar-refractivity contribution in [2.45, 2.75) is 49.8 Å². The SMILES string of the molecule is O=C([C@H]1CCCN1S(=O)(=O)C1CCCC1)N1CCOCC1. The molecule has 0 aromatic heterocycles. The molecule has 0 unspecified atom stereocenters. The van der Waals surface area contributed by atoms with Gasteiger partial charge in [0.15, 0.2) is 0 Å². The number of carbonyl (C=O) groups excluding carboxylic acids is 1. The second-order valence-electron chi connectivity index (χ2n) is 6.16. The molecule has 2 saturated heterocycles. The monoisotopic (exact) mass is 316 g/mol. The minimum absolute atomic E-state index is 0.0302. The first-order chi connectivity index (χ1) is 10.1. The smallest absolute Gasteiger partial charge is 0.241 e. The molecule has 2 aliphatic heterocycles. The largest absolute Gasteiger partial charge is 0.378 e. The predicted molar refractivity (Wildman–Crippen MR) is 78.3 cm³/mol. The van der Waals surface area contributed by atoms with Gasteiger partial charge in [0.2, 0.25) is 15.9 Å². The van der Waals surface area contributed by atoms with Crippen LogP contribution in [-0.4, -0.2) is 67.7 Å². The van der Waals surface area contributed by atoms with Gasteiger partial charge in [0.25, 0.3) is 0 Å². The van der Waals surface area contributed by atoms with Crippen molar-refractivity contribution in [1.29, 1.82) is 0 Å². The third kappa shape index (κ3) is 2.96. The van der Waals surface area contributed by atoms with Crippen molar-refractivity contribution in [2.75, 3.05) is 32.8 Å². The van der Waals surface area contributed by atoms with E-state index in [1.54, 1.807) is 4.90 Å². The molecule has 1 aliphatic carbocycles. The second kappa shape index (κ2) is 6.22. The number of amides is 1. The van der Waals surface area contributed by atoms with Gasteiger partial charge in [0, 0.05) is 19.6 Å². The number of carbonyl (C=O) groups is 1. The van der Waals surface area contributed by atoms with Crippen LogP contribution >= 0.6 is 0 Å². The summed E-state index contributed by atoms with van der Waals surface area (Å²) in [6.45, 7) is 2.75. The van der Waals surface area contributed by atoms with Crippen molar-refractivity contribution >= 4 is 15.9 Å². The molecule has 3 aliphatic rings. The molecule has 7 heteroatoms. The predicted octanol–water partition coefficient (Wildman–Crippen LogP) is 0.582. The zero-order chi connectivity index (χ0) is 14.9. The first kappa shape index (κ1) is 15.2. The summed E-state index contributed by atoms with van der Waals surface area (Å²) in [7, 11) is -3.32. The van der Waals surface area contributed by atoms with Crippen LogP contribution in [0.3, 0.4) is 0 Å². The zero-order valence-corrected chi connectivity index (χ0v) is 13.2. The summed E-state index contributed by atoms with van der Waals surface area (Å²) in [5.41, 5.74) is 0. The lowest BCUT2D eigenvalue weighted by Gasteiger charge is -2.33. The number of rotatable bonds is 3. The van der Waals surface area contributed by atoms with Gasteiger partial charge in [-0.3, -0.25) is 4.79 Å². The van der Waals surface area contributed by atoms with Crippen LogP contribution in [0.15, 0.2) is 0 Å². The highest BCUT2D eigenvalue weighted by Gasteiger charge is 2.44. The number of nitrogens with zero attached hydrogens (tertiary/aromatic N) is 2. The Bertz CT molecular complexity index is 481. The van der Waals surface area contributed by atoms with Crippen molar-refractivity contribution < 1.29 is 17.9 Å². The van der Waals surface area contributed by atoms with Crippen molar-refractivity contribution in [3.05, 3.63) is 0 Å². The molecule has 0 aromatic rings. The average Bonchev–Trinajstić information content (AvgIpc) is 3.19. The third-order valence-electron chi connectivity index (χ3n) is 4.86. The average molecular weight is 316 g/mol. The van der Waals surface area contributed by atoms with E-state index in [4.69, 9.17) is 4.74 Å².